The van der Waals surface area contributed by atoms with E-state index in [1.165, 1.54) is 11.3 Å². The lowest BCUT2D eigenvalue weighted by Gasteiger charge is -2.25. The first-order valence-corrected chi connectivity index (χ1v) is 16.3. The Kier molecular flexibility index (Phi) is 9.75. The summed E-state index contributed by atoms with van der Waals surface area (Å²) in [4.78, 5) is 32.2. The van der Waals surface area contributed by atoms with Crippen LogP contribution in [0.15, 0.2) is 81.7 Å². The van der Waals surface area contributed by atoms with E-state index in [2.05, 4.69) is 50.2 Å². The highest BCUT2D eigenvalue weighted by Crippen LogP contribution is 2.33. The molecule has 0 N–H and O–H groups in total. The van der Waals surface area contributed by atoms with E-state index in [1.807, 2.05) is 66.7 Å². The molecule has 1 aliphatic heterocycles. The number of benzene rings is 3. The van der Waals surface area contributed by atoms with Crippen LogP contribution in [0.4, 0.5) is 0 Å². The van der Waals surface area contributed by atoms with Crippen molar-refractivity contribution in [3.8, 4) is 11.5 Å². The number of allylic oxidation sites excluding steroid dienone is 1. The molecule has 7 nitrogen and oxygen atoms in total. The van der Waals surface area contributed by atoms with Gasteiger partial charge in [0.1, 0.15) is 18.1 Å². The summed E-state index contributed by atoms with van der Waals surface area (Å²) >= 11 is 12.1. The highest BCUT2D eigenvalue weighted by atomic mass is 127. The van der Waals surface area contributed by atoms with E-state index in [4.69, 9.17) is 25.8 Å². The average Bonchev–Trinajstić information content (AvgIpc) is 3.26. The zero-order chi connectivity index (χ0) is 30.0. The molecular weight excluding hydrogens is 802 g/mol. The number of halogens is 3. The van der Waals surface area contributed by atoms with Gasteiger partial charge in [-0.25, -0.2) is 9.79 Å². The van der Waals surface area contributed by atoms with Crippen molar-refractivity contribution in [1.82, 2.24) is 4.57 Å². The van der Waals surface area contributed by atoms with E-state index in [9.17, 15) is 9.59 Å². The number of methoxy groups -OCH3 is 1. The predicted octanol–water partition coefficient (Wildman–Crippen LogP) is 6.25. The molecule has 2 heterocycles. The van der Waals surface area contributed by atoms with E-state index in [0.717, 1.165) is 29.6 Å². The van der Waals surface area contributed by atoms with Crippen LogP contribution in [0.2, 0.25) is 5.02 Å². The molecule has 0 aliphatic carbocycles. The molecule has 216 valence electrons. The molecule has 1 aliphatic rings. The number of thiazole rings is 1. The fraction of sp³-hybridized carbons (Fsp3) is 0.194. The Morgan fingerprint density at radius 2 is 1.86 bits per heavy atom. The molecule has 0 radical (unpaired) electrons. The lowest BCUT2D eigenvalue weighted by Crippen LogP contribution is -2.39. The van der Waals surface area contributed by atoms with Gasteiger partial charge in [-0.2, -0.15) is 0 Å². The van der Waals surface area contributed by atoms with Crippen LogP contribution in [0, 0.1) is 7.14 Å². The van der Waals surface area contributed by atoms with E-state index in [-0.39, 0.29) is 12.2 Å². The zero-order valence-corrected chi connectivity index (χ0v) is 28.7. The highest BCUT2D eigenvalue weighted by molar-refractivity contribution is 14.1. The van der Waals surface area contributed by atoms with Gasteiger partial charge in [0.25, 0.3) is 5.56 Å². The molecule has 4 aromatic rings. The highest BCUT2D eigenvalue weighted by Gasteiger charge is 2.33. The molecule has 5 rings (SSSR count). The molecular formula is C31H25ClI2N2O5S. The second kappa shape index (κ2) is 13.3. The van der Waals surface area contributed by atoms with Crippen molar-refractivity contribution < 1.29 is 19.0 Å². The SMILES string of the molecule is CCOC(=O)C1=C(C)N=c2s/c(=C\c3cc(I)c(OCc4ccccc4Cl)c(I)c3)c(=O)n2[C@H]1c1cccc(OC)c1. The quantitative estimate of drug-likeness (QED) is 0.155. The number of aromatic nitrogens is 1. The maximum Gasteiger partial charge on any atom is 0.338 e. The minimum atomic E-state index is -0.710. The van der Waals surface area contributed by atoms with Gasteiger partial charge in [0.15, 0.2) is 4.80 Å². The summed E-state index contributed by atoms with van der Waals surface area (Å²) in [6, 6.07) is 18.2. The molecule has 1 aromatic heterocycles. The van der Waals surface area contributed by atoms with Crippen molar-refractivity contribution in [2.24, 2.45) is 4.99 Å². The first-order valence-electron chi connectivity index (χ1n) is 12.9. The number of hydrogen-bond acceptors (Lipinski definition) is 7. The summed E-state index contributed by atoms with van der Waals surface area (Å²) < 4.78 is 20.8. The first kappa shape index (κ1) is 30.8. The standard InChI is InChI=1S/C31H25ClI2N2O5S/c1-4-40-30(38)26-17(2)35-31-36(27(26)19-9-7-10-21(15-19)39-3)29(37)25(42-31)14-18-12-23(33)28(24(34)13-18)41-16-20-8-5-6-11-22(20)32/h5-15,27H,4,16H2,1-3H3/b25-14-/t27-/m0/s1. The van der Waals surface area contributed by atoms with Gasteiger partial charge in [0, 0.05) is 10.6 Å². The van der Waals surface area contributed by atoms with Crippen molar-refractivity contribution in [2.45, 2.75) is 26.5 Å². The van der Waals surface area contributed by atoms with Crippen LogP contribution in [-0.4, -0.2) is 24.3 Å². The van der Waals surface area contributed by atoms with Crippen LogP contribution in [0.3, 0.4) is 0 Å². The summed E-state index contributed by atoms with van der Waals surface area (Å²) in [7, 11) is 1.58. The van der Waals surface area contributed by atoms with Gasteiger partial charge in [0.05, 0.1) is 42.7 Å². The number of rotatable bonds is 8. The number of fused-ring (bicyclic) bond motifs is 1. The number of carbonyl (C=O) groups is 1. The zero-order valence-electron chi connectivity index (χ0n) is 22.8. The molecule has 0 spiro atoms. The van der Waals surface area contributed by atoms with E-state index in [1.54, 1.807) is 25.5 Å². The van der Waals surface area contributed by atoms with Gasteiger partial charge in [-0.05, 0) is 107 Å². The molecule has 42 heavy (non-hydrogen) atoms. The van der Waals surface area contributed by atoms with E-state index >= 15 is 0 Å². The van der Waals surface area contributed by atoms with Gasteiger partial charge in [-0.3, -0.25) is 9.36 Å². The Morgan fingerprint density at radius 1 is 1.12 bits per heavy atom. The summed E-state index contributed by atoms with van der Waals surface area (Å²) in [5.41, 5.74) is 3.07. The van der Waals surface area contributed by atoms with Crippen LogP contribution in [0.5, 0.6) is 11.5 Å². The van der Waals surface area contributed by atoms with Crippen molar-refractivity contribution >= 4 is 80.2 Å². The molecule has 0 amide bonds. The van der Waals surface area contributed by atoms with Crippen LogP contribution >= 0.6 is 68.1 Å². The third kappa shape index (κ3) is 6.31. The minimum absolute atomic E-state index is 0.209. The summed E-state index contributed by atoms with van der Waals surface area (Å²) in [5, 5.41) is 0.656. The number of nitrogens with zero attached hydrogens (tertiary/aromatic N) is 2. The Labute approximate surface area is 278 Å². The van der Waals surface area contributed by atoms with Crippen molar-refractivity contribution in [1.29, 1.82) is 0 Å². The molecule has 0 saturated heterocycles. The maximum atomic E-state index is 14.0. The fourth-order valence-electron chi connectivity index (χ4n) is 4.64. The molecule has 1 atom stereocenters. The van der Waals surface area contributed by atoms with Gasteiger partial charge in [-0.15, -0.1) is 0 Å². The van der Waals surface area contributed by atoms with E-state index in [0.29, 0.717) is 38.0 Å². The Hall–Kier alpha value is -2.68. The van der Waals surface area contributed by atoms with Gasteiger partial charge in [-0.1, -0.05) is 53.3 Å². The summed E-state index contributed by atoms with van der Waals surface area (Å²) in [6.07, 6.45) is 1.85. The lowest BCUT2D eigenvalue weighted by molar-refractivity contribution is -0.139. The molecule has 11 heteroatoms. The molecule has 3 aromatic carbocycles. The molecule has 0 fully saturated rings. The monoisotopic (exact) mass is 826 g/mol. The average molecular weight is 827 g/mol. The number of ether oxygens (including phenoxy) is 3. The Morgan fingerprint density at radius 3 is 2.55 bits per heavy atom. The Balaban J connectivity index is 1.57. The normalized spacial score (nSPS) is 14.8. The third-order valence-electron chi connectivity index (χ3n) is 6.57. The number of carbonyl (C=O) groups excluding carboxylic acids is 1. The van der Waals surface area contributed by atoms with E-state index < -0.39 is 12.0 Å². The summed E-state index contributed by atoms with van der Waals surface area (Å²) in [6.45, 7) is 4.07. The van der Waals surface area contributed by atoms with Gasteiger partial charge < -0.3 is 14.2 Å². The van der Waals surface area contributed by atoms with Crippen LogP contribution in [0.25, 0.3) is 6.08 Å². The van der Waals surface area contributed by atoms with Crippen LogP contribution < -0.4 is 24.4 Å². The fourth-order valence-corrected chi connectivity index (χ4v) is 8.00. The van der Waals surface area contributed by atoms with Crippen molar-refractivity contribution in [3.05, 3.63) is 120 Å². The largest absolute Gasteiger partial charge is 0.497 e. The molecule has 0 saturated carbocycles. The van der Waals surface area contributed by atoms with Gasteiger partial charge >= 0.3 is 5.97 Å². The topological polar surface area (TPSA) is 79.1 Å². The van der Waals surface area contributed by atoms with Crippen LogP contribution in [-0.2, 0) is 16.1 Å². The predicted molar refractivity (Wildman–Crippen MR) is 181 cm³/mol. The van der Waals surface area contributed by atoms with Crippen molar-refractivity contribution in [3.63, 3.8) is 0 Å². The first-order chi connectivity index (χ1) is 20.2. The second-order valence-corrected chi connectivity index (χ2v) is 13.0. The Bertz CT molecular complexity index is 1880. The van der Waals surface area contributed by atoms with Crippen LogP contribution in [0.1, 0.15) is 36.6 Å². The molecule has 0 unspecified atom stereocenters. The number of hydrogen-bond donors (Lipinski definition) is 0. The third-order valence-corrected chi connectivity index (χ3v) is 9.53. The second-order valence-electron chi connectivity index (χ2n) is 9.27. The lowest BCUT2D eigenvalue weighted by atomic mass is 9.95. The smallest absolute Gasteiger partial charge is 0.338 e. The summed E-state index contributed by atoms with van der Waals surface area (Å²) in [5.74, 6) is 0.869. The van der Waals surface area contributed by atoms with Gasteiger partial charge in [0.2, 0.25) is 0 Å². The maximum absolute atomic E-state index is 14.0. The van der Waals surface area contributed by atoms with Crippen molar-refractivity contribution in [2.75, 3.05) is 13.7 Å². The minimum Gasteiger partial charge on any atom is -0.497 e. The molecule has 0 bridgehead atoms. The number of esters is 1.